The van der Waals surface area contributed by atoms with Crippen LogP contribution in [0, 0.1) is 5.92 Å². The highest BCUT2D eigenvalue weighted by Gasteiger charge is 2.28. The summed E-state index contributed by atoms with van der Waals surface area (Å²) in [5.74, 6) is 0.600. The van der Waals surface area contributed by atoms with Gasteiger partial charge < -0.3 is 14.5 Å². The molecule has 0 aromatic carbocycles. The van der Waals surface area contributed by atoms with Gasteiger partial charge in [-0.3, -0.25) is 14.5 Å². The number of likely N-dealkylation sites (tertiary alicyclic amines) is 1. The fourth-order valence-electron chi connectivity index (χ4n) is 4.03. The Morgan fingerprint density at radius 1 is 1.28 bits per heavy atom. The van der Waals surface area contributed by atoms with Gasteiger partial charge in [0.2, 0.25) is 11.2 Å². The molecule has 0 spiro atoms. The Morgan fingerprint density at radius 3 is 2.80 bits per heavy atom. The Labute approximate surface area is 148 Å². The van der Waals surface area contributed by atoms with E-state index < -0.39 is 0 Å². The van der Waals surface area contributed by atoms with Gasteiger partial charge in [0.15, 0.2) is 5.76 Å². The Morgan fingerprint density at radius 2 is 2.08 bits per heavy atom. The van der Waals surface area contributed by atoms with E-state index in [9.17, 15) is 9.59 Å². The summed E-state index contributed by atoms with van der Waals surface area (Å²) in [6.07, 6.45) is 10.3. The number of carbonyl (C=O) groups excluding carboxylic acids is 1. The van der Waals surface area contributed by atoms with Crippen molar-refractivity contribution in [3.63, 3.8) is 0 Å². The third kappa shape index (κ3) is 4.63. The second-order valence-corrected chi connectivity index (χ2v) is 7.18. The topological polar surface area (TPSA) is 71.8 Å². The molecule has 2 fully saturated rings. The lowest BCUT2D eigenvalue weighted by atomic mass is 9.89. The first-order valence-electron chi connectivity index (χ1n) is 9.36. The van der Waals surface area contributed by atoms with Crippen LogP contribution in [0.15, 0.2) is 21.5 Å². The maximum Gasteiger partial charge on any atom is 0.287 e. The van der Waals surface area contributed by atoms with E-state index in [0.29, 0.717) is 12.6 Å². The average Bonchev–Trinajstić information content (AvgIpc) is 3.07. The Bertz CT molecular complexity index is 637. The van der Waals surface area contributed by atoms with E-state index in [4.69, 9.17) is 9.15 Å². The third-order valence-corrected chi connectivity index (χ3v) is 5.46. The number of hydrogen-bond acceptors (Lipinski definition) is 5. The zero-order valence-electron chi connectivity index (χ0n) is 15.0. The van der Waals surface area contributed by atoms with Crippen LogP contribution >= 0.6 is 0 Å². The van der Waals surface area contributed by atoms with E-state index in [2.05, 4.69) is 10.2 Å². The van der Waals surface area contributed by atoms with Crippen LogP contribution in [0.2, 0.25) is 0 Å². The lowest BCUT2D eigenvalue weighted by molar-refractivity contribution is 0.0905. The van der Waals surface area contributed by atoms with Crippen molar-refractivity contribution in [1.82, 2.24) is 10.2 Å². The fourth-order valence-corrected chi connectivity index (χ4v) is 4.03. The largest absolute Gasteiger partial charge is 0.490 e. The second-order valence-electron chi connectivity index (χ2n) is 7.18. The van der Waals surface area contributed by atoms with Crippen molar-refractivity contribution >= 4 is 5.91 Å². The molecule has 6 heteroatoms. The molecule has 1 saturated heterocycles. The minimum absolute atomic E-state index is 0.0302. The third-order valence-electron chi connectivity index (χ3n) is 5.46. The van der Waals surface area contributed by atoms with E-state index in [1.807, 2.05) is 0 Å². The van der Waals surface area contributed by atoms with Crippen molar-refractivity contribution in [2.24, 2.45) is 5.92 Å². The summed E-state index contributed by atoms with van der Waals surface area (Å²) in [6.45, 7) is 2.87. The molecule has 6 nitrogen and oxygen atoms in total. The monoisotopic (exact) mass is 348 g/mol. The normalized spacial score (nSPS) is 22.0. The van der Waals surface area contributed by atoms with Gasteiger partial charge in [-0.1, -0.05) is 19.3 Å². The number of rotatable bonds is 6. The standard InChI is InChI=1S/C19H28N2O4/c1-24-18-13-25-17(10-16(18)22)19(23)20-11-15-8-5-9-21(15)12-14-6-3-2-4-7-14/h10,13-15H,2-9,11-12H2,1H3,(H,20,23)/t15-/m0/s1. The van der Waals surface area contributed by atoms with Crippen LogP contribution in [0.4, 0.5) is 0 Å². The van der Waals surface area contributed by atoms with Gasteiger partial charge in [-0.2, -0.15) is 0 Å². The van der Waals surface area contributed by atoms with Crippen molar-refractivity contribution in [2.75, 3.05) is 26.7 Å². The van der Waals surface area contributed by atoms with Crippen LogP contribution in [-0.4, -0.2) is 43.6 Å². The minimum Gasteiger partial charge on any atom is -0.490 e. The SMILES string of the molecule is COc1coc(C(=O)NC[C@@H]2CCCN2CC2CCCCC2)cc1=O. The number of carbonyl (C=O) groups is 1. The van der Waals surface area contributed by atoms with Crippen LogP contribution in [0.5, 0.6) is 5.75 Å². The predicted molar refractivity (Wildman–Crippen MR) is 95.0 cm³/mol. The highest BCUT2D eigenvalue weighted by molar-refractivity contribution is 5.91. The molecule has 0 bridgehead atoms. The zero-order valence-corrected chi connectivity index (χ0v) is 15.0. The number of amides is 1. The molecule has 1 N–H and O–H groups in total. The van der Waals surface area contributed by atoms with Gasteiger partial charge in [0.05, 0.1) is 7.11 Å². The van der Waals surface area contributed by atoms with Gasteiger partial charge in [0.1, 0.15) is 6.26 Å². The Hall–Kier alpha value is -1.82. The molecule has 25 heavy (non-hydrogen) atoms. The molecule has 2 aliphatic rings. The van der Waals surface area contributed by atoms with Gasteiger partial charge in [0.25, 0.3) is 5.91 Å². The summed E-state index contributed by atoms with van der Waals surface area (Å²) < 4.78 is 10.1. The van der Waals surface area contributed by atoms with Crippen molar-refractivity contribution < 1.29 is 13.9 Å². The average molecular weight is 348 g/mol. The number of hydrogen-bond donors (Lipinski definition) is 1. The van der Waals surface area contributed by atoms with Crippen LogP contribution in [0.1, 0.15) is 55.5 Å². The second kappa shape index (κ2) is 8.52. The fraction of sp³-hybridized carbons (Fsp3) is 0.684. The molecular formula is C19H28N2O4. The molecule has 0 unspecified atom stereocenters. The lowest BCUT2D eigenvalue weighted by Crippen LogP contribution is -2.42. The molecule has 1 aliphatic heterocycles. The minimum atomic E-state index is -0.348. The van der Waals surface area contributed by atoms with Crippen molar-refractivity contribution in [3.05, 3.63) is 28.3 Å². The molecule has 1 amide bonds. The Kier molecular flexibility index (Phi) is 6.13. The maximum atomic E-state index is 12.2. The van der Waals surface area contributed by atoms with E-state index in [0.717, 1.165) is 25.4 Å². The van der Waals surface area contributed by atoms with E-state index in [1.165, 1.54) is 58.0 Å². The summed E-state index contributed by atoms with van der Waals surface area (Å²) in [6, 6.07) is 1.57. The van der Waals surface area contributed by atoms with E-state index >= 15 is 0 Å². The first-order chi connectivity index (χ1) is 12.2. The molecule has 1 aromatic heterocycles. The molecule has 3 rings (SSSR count). The summed E-state index contributed by atoms with van der Waals surface area (Å²) in [7, 11) is 1.40. The first-order valence-corrected chi connectivity index (χ1v) is 9.36. The number of ether oxygens (including phenoxy) is 1. The van der Waals surface area contributed by atoms with Crippen LogP contribution < -0.4 is 15.5 Å². The molecular weight excluding hydrogens is 320 g/mol. The summed E-state index contributed by atoms with van der Waals surface area (Å²) >= 11 is 0. The van der Waals surface area contributed by atoms with Crippen molar-refractivity contribution in [2.45, 2.75) is 51.0 Å². The molecule has 138 valence electrons. The predicted octanol–water partition coefficient (Wildman–Crippen LogP) is 2.42. The molecule has 2 heterocycles. The highest BCUT2D eigenvalue weighted by atomic mass is 16.5. The van der Waals surface area contributed by atoms with Gasteiger partial charge >= 0.3 is 0 Å². The van der Waals surface area contributed by atoms with Crippen LogP contribution in [0.3, 0.4) is 0 Å². The lowest BCUT2D eigenvalue weighted by Gasteiger charge is -2.31. The number of nitrogens with one attached hydrogen (secondary N) is 1. The van der Waals surface area contributed by atoms with Gasteiger partial charge in [-0.15, -0.1) is 0 Å². The summed E-state index contributed by atoms with van der Waals surface area (Å²) in [5.41, 5.74) is -0.348. The Balaban J connectivity index is 1.52. The van der Waals surface area contributed by atoms with E-state index in [-0.39, 0.29) is 22.8 Å². The van der Waals surface area contributed by atoms with Gasteiger partial charge in [-0.05, 0) is 38.1 Å². The molecule has 1 aliphatic carbocycles. The molecule has 0 radical (unpaired) electrons. The maximum absolute atomic E-state index is 12.2. The van der Waals surface area contributed by atoms with Crippen molar-refractivity contribution in [3.8, 4) is 5.75 Å². The van der Waals surface area contributed by atoms with Crippen LogP contribution in [-0.2, 0) is 0 Å². The zero-order chi connectivity index (χ0) is 17.6. The smallest absolute Gasteiger partial charge is 0.287 e. The number of methoxy groups -OCH3 is 1. The number of nitrogens with zero attached hydrogens (tertiary/aromatic N) is 1. The van der Waals surface area contributed by atoms with Crippen LogP contribution in [0.25, 0.3) is 0 Å². The quantitative estimate of drug-likeness (QED) is 0.855. The molecule has 1 aromatic rings. The first kappa shape index (κ1) is 18.0. The molecule has 1 saturated carbocycles. The molecule has 1 atom stereocenters. The summed E-state index contributed by atoms with van der Waals surface area (Å²) in [5, 5.41) is 2.92. The van der Waals surface area contributed by atoms with Gasteiger partial charge in [0, 0.05) is 25.2 Å². The summed E-state index contributed by atoms with van der Waals surface area (Å²) in [4.78, 5) is 26.5. The highest BCUT2D eigenvalue weighted by Crippen LogP contribution is 2.27. The van der Waals surface area contributed by atoms with Gasteiger partial charge in [-0.25, -0.2) is 0 Å². The van der Waals surface area contributed by atoms with E-state index in [1.54, 1.807) is 0 Å². The van der Waals surface area contributed by atoms with Crippen molar-refractivity contribution in [1.29, 1.82) is 0 Å².